The molecule has 0 aromatic carbocycles. The van der Waals surface area contributed by atoms with Crippen molar-refractivity contribution in [3.8, 4) is 0 Å². The maximum Gasteiger partial charge on any atom is 0.137 e. The first-order valence-electron chi connectivity index (χ1n) is 5.35. The van der Waals surface area contributed by atoms with Crippen LogP contribution in [0.4, 0.5) is 0 Å². The maximum absolute atomic E-state index is 9.61. The van der Waals surface area contributed by atoms with E-state index in [-0.39, 0.29) is 26.2 Å². The summed E-state index contributed by atoms with van der Waals surface area (Å²) in [5.74, 6) is 0. The molecule has 0 saturated carbocycles. The molecule has 0 aliphatic carbocycles. The number of carbonyl (C=O) groups is 2. The van der Waals surface area contributed by atoms with Crippen LogP contribution in [0.15, 0.2) is 0 Å². The minimum Gasteiger partial charge on any atom is -0.395 e. The zero-order chi connectivity index (χ0) is 13.5. The number of rotatable bonds is 9. The van der Waals surface area contributed by atoms with Crippen LogP contribution < -0.4 is 5.73 Å². The van der Waals surface area contributed by atoms with Crippen molar-refractivity contribution in [3.63, 3.8) is 0 Å². The number of carbonyl (C=O) groups excluding carboxylic acids is 2. The first-order chi connectivity index (χ1) is 8.15. The van der Waals surface area contributed by atoms with Crippen LogP contribution in [-0.4, -0.2) is 78.3 Å². The van der Waals surface area contributed by atoms with E-state index in [1.165, 1.54) is 0 Å². The van der Waals surface area contributed by atoms with E-state index in [9.17, 15) is 9.59 Å². The molecule has 7 nitrogen and oxygen atoms in total. The van der Waals surface area contributed by atoms with Gasteiger partial charge in [-0.1, -0.05) is 0 Å². The summed E-state index contributed by atoms with van der Waals surface area (Å²) in [6.45, 7) is 1.75. The Morgan fingerprint density at radius 2 is 1.41 bits per heavy atom. The quantitative estimate of drug-likeness (QED) is 0.330. The van der Waals surface area contributed by atoms with Gasteiger partial charge < -0.3 is 30.6 Å². The zero-order valence-electron chi connectivity index (χ0n) is 9.86. The van der Waals surface area contributed by atoms with Gasteiger partial charge in [-0.15, -0.1) is 0 Å². The highest BCUT2D eigenvalue weighted by molar-refractivity contribution is 5.64. The molecule has 102 valence electrons. The first kappa shape index (κ1) is 18.5. The van der Waals surface area contributed by atoms with E-state index < -0.39 is 6.04 Å². The van der Waals surface area contributed by atoms with E-state index in [2.05, 4.69) is 0 Å². The van der Waals surface area contributed by atoms with Gasteiger partial charge >= 0.3 is 0 Å². The number of hydrogen-bond donors (Lipinski definition) is 4. The van der Waals surface area contributed by atoms with Crippen LogP contribution in [0.25, 0.3) is 0 Å². The largest absolute Gasteiger partial charge is 0.395 e. The third-order valence-electron chi connectivity index (χ3n) is 1.79. The van der Waals surface area contributed by atoms with Gasteiger partial charge in [0.25, 0.3) is 0 Å². The van der Waals surface area contributed by atoms with Gasteiger partial charge in [0.1, 0.15) is 12.6 Å². The van der Waals surface area contributed by atoms with Crippen molar-refractivity contribution in [2.45, 2.75) is 12.5 Å². The second-order valence-corrected chi connectivity index (χ2v) is 3.21. The van der Waals surface area contributed by atoms with E-state index in [1.54, 1.807) is 4.90 Å². The van der Waals surface area contributed by atoms with Crippen LogP contribution in [0.1, 0.15) is 6.42 Å². The van der Waals surface area contributed by atoms with E-state index in [0.29, 0.717) is 32.2 Å². The molecule has 0 aliphatic heterocycles. The van der Waals surface area contributed by atoms with Crippen molar-refractivity contribution < 1.29 is 24.9 Å². The summed E-state index contributed by atoms with van der Waals surface area (Å²) in [5.41, 5.74) is 4.98. The number of nitrogens with two attached hydrogens (primary N) is 1. The van der Waals surface area contributed by atoms with Gasteiger partial charge in [-0.3, -0.25) is 4.90 Å². The third kappa shape index (κ3) is 15.1. The highest BCUT2D eigenvalue weighted by Gasteiger charge is 2.00. The third-order valence-corrected chi connectivity index (χ3v) is 1.79. The summed E-state index contributed by atoms with van der Waals surface area (Å²) in [6, 6.07) is -0.600. The molecule has 0 aliphatic rings. The second-order valence-electron chi connectivity index (χ2n) is 3.21. The fourth-order valence-corrected chi connectivity index (χ4v) is 0.926. The topological polar surface area (TPSA) is 124 Å². The maximum atomic E-state index is 9.61. The van der Waals surface area contributed by atoms with E-state index in [1.807, 2.05) is 0 Å². The lowest BCUT2D eigenvalue weighted by Gasteiger charge is -2.17. The van der Waals surface area contributed by atoms with Gasteiger partial charge in [-0.2, -0.15) is 0 Å². The summed E-state index contributed by atoms with van der Waals surface area (Å²) in [4.78, 5) is 20.9. The van der Waals surface area contributed by atoms with Crippen molar-refractivity contribution in [2.75, 3.05) is 39.5 Å². The smallest absolute Gasteiger partial charge is 0.137 e. The fourth-order valence-electron chi connectivity index (χ4n) is 0.926. The molecular weight excluding hydrogens is 228 g/mol. The minimum absolute atomic E-state index is 0.0694. The summed E-state index contributed by atoms with van der Waals surface area (Å²) in [6.07, 6.45) is 1.30. The molecule has 5 N–H and O–H groups in total. The van der Waals surface area contributed by atoms with Gasteiger partial charge in [-0.25, -0.2) is 0 Å². The molecule has 0 aromatic heterocycles. The molecule has 0 aromatic rings. The Morgan fingerprint density at radius 1 is 1.00 bits per heavy atom. The van der Waals surface area contributed by atoms with Crippen LogP contribution in [0.3, 0.4) is 0 Å². The van der Waals surface area contributed by atoms with Crippen LogP contribution in [0, 0.1) is 0 Å². The standard InChI is InChI=1S/C6H15NO3.C4H7NO2/c8-4-1-7(2-5-9)3-6-10;5-4(3-7)1-2-6/h8-10H,1-6H2;2-4H,1,5H2. The number of aliphatic hydroxyl groups excluding tert-OH is 3. The molecule has 0 bridgehead atoms. The van der Waals surface area contributed by atoms with Gasteiger partial charge in [0.05, 0.1) is 25.9 Å². The Morgan fingerprint density at radius 3 is 1.59 bits per heavy atom. The second kappa shape index (κ2) is 15.1. The molecule has 0 heterocycles. The normalized spacial score (nSPS) is 11.6. The molecule has 0 saturated heterocycles. The molecule has 0 fully saturated rings. The fraction of sp³-hybridized carbons (Fsp3) is 0.800. The van der Waals surface area contributed by atoms with Crippen LogP contribution >= 0.6 is 0 Å². The zero-order valence-corrected chi connectivity index (χ0v) is 9.86. The Labute approximate surface area is 101 Å². The number of hydrogen-bond acceptors (Lipinski definition) is 7. The molecule has 0 radical (unpaired) electrons. The number of aliphatic hydroxyl groups is 3. The summed E-state index contributed by atoms with van der Waals surface area (Å²) in [7, 11) is 0. The Bertz CT molecular complexity index is 166. The summed E-state index contributed by atoms with van der Waals surface area (Å²) in [5, 5.41) is 25.5. The van der Waals surface area contributed by atoms with Crippen molar-refractivity contribution in [1.82, 2.24) is 4.90 Å². The average molecular weight is 250 g/mol. The number of nitrogens with zero attached hydrogens (tertiary/aromatic N) is 1. The van der Waals surface area contributed by atoms with Crippen LogP contribution in [0.2, 0.25) is 0 Å². The monoisotopic (exact) mass is 250 g/mol. The Kier molecular flexibility index (Phi) is 16.5. The number of aldehydes is 2. The predicted molar refractivity (Wildman–Crippen MR) is 62.4 cm³/mol. The van der Waals surface area contributed by atoms with E-state index >= 15 is 0 Å². The van der Waals surface area contributed by atoms with Crippen molar-refractivity contribution in [3.05, 3.63) is 0 Å². The highest BCUT2D eigenvalue weighted by atomic mass is 16.3. The van der Waals surface area contributed by atoms with Gasteiger partial charge in [0.2, 0.25) is 0 Å². The minimum atomic E-state index is -0.600. The molecule has 0 rings (SSSR count). The van der Waals surface area contributed by atoms with Gasteiger partial charge in [0, 0.05) is 26.1 Å². The highest BCUT2D eigenvalue weighted by Crippen LogP contribution is 1.84. The lowest BCUT2D eigenvalue weighted by molar-refractivity contribution is -0.113. The lowest BCUT2D eigenvalue weighted by Crippen LogP contribution is -2.32. The van der Waals surface area contributed by atoms with Gasteiger partial charge in [-0.05, 0) is 0 Å². The average Bonchev–Trinajstić information content (AvgIpc) is 2.31. The first-order valence-corrected chi connectivity index (χ1v) is 5.35. The van der Waals surface area contributed by atoms with Crippen LogP contribution in [0.5, 0.6) is 0 Å². The SMILES string of the molecule is NC(C=O)CC=O.OCCN(CCO)CCO. The van der Waals surface area contributed by atoms with Crippen molar-refractivity contribution in [1.29, 1.82) is 0 Å². The van der Waals surface area contributed by atoms with Crippen molar-refractivity contribution in [2.24, 2.45) is 5.73 Å². The summed E-state index contributed by atoms with van der Waals surface area (Å²) < 4.78 is 0. The van der Waals surface area contributed by atoms with E-state index in [0.717, 1.165) is 0 Å². The molecule has 1 atom stereocenters. The Balaban J connectivity index is 0. The van der Waals surface area contributed by atoms with Crippen LogP contribution in [-0.2, 0) is 9.59 Å². The molecule has 7 heteroatoms. The molecule has 0 spiro atoms. The Hall–Kier alpha value is -0.860. The lowest BCUT2D eigenvalue weighted by atomic mass is 10.3. The van der Waals surface area contributed by atoms with Gasteiger partial charge in [0.15, 0.2) is 0 Å². The summed E-state index contributed by atoms with van der Waals surface area (Å²) >= 11 is 0. The predicted octanol–water partition coefficient (Wildman–Crippen LogP) is -2.63. The van der Waals surface area contributed by atoms with Crippen molar-refractivity contribution >= 4 is 12.6 Å². The molecule has 17 heavy (non-hydrogen) atoms. The molecule has 1 unspecified atom stereocenters. The molecular formula is C10H22N2O5. The van der Waals surface area contributed by atoms with E-state index in [4.69, 9.17) is 21.1 Å². The molecule has 0 amide bonds.